The summed E-state index contributed by atoms with van der Waals surface area (Å²) in [5.41, 5.74) is -0.620. The van der Waals surface area contributed by atoms with E-state index in [0.717, 1.165) is 18.9 Å². The molecule has 1 aliphatic carbocycles. The van der Waals surface area contributed by atoms with E-state index in [1.165, 1.54) is 25.0 Å². The molecule has 0 atom stereocenters. The predicted molar refractivity (Wildman–Crippen MR) is 62.6 cm³/mol. The Labute approximate surface area is 148 Å². The molecule has 1 aromatic rings. The van der Waals surface area contributed by atoms with Crippen LogP contribution in [0.5, 0.6) is 5.75 Å². The number of para-hydroxylation sites is 1. The van der Waals surface area contributed by atoms with Crippen LogP contribution in [-0.4, -0.2) is 13.6 Å². The van der Waals surface area contributed by atoms with E-state index in [2.05, 4.69) is 0 Å². The van der Waals surface area contributed by atoms with Crippen LogP contribution in [0.4, 0.5) is 12.9 Å². The van der Waals surface area contributed by atoms with E-state index in [0.29, 0.717) is 12.5 Å². The van der Waals surface area contributed by atoms with Gasteiger partial charge < -0.3 is 17.7 Å². The summed E-state index contributed by atoms with van der Waals surface area (Å²) < 4.78 is 43.5. The molecule has 0 saturated heterocycles. The summed E-state index contributed by atoms with van der Waals surface area (Å²) in [5, 5.41) is 0. The van der Waals surface area contributed by atoms with Gasteiger partial charge in [-0.05, 0) is 24.8 Å². The third kappa shape index (κ3) is 4.56. The Morgan fingerprint density at radius 3 is 2.33 bits per heavy atom. The van der Waals surface area contributed by atoms with Crippen molar-refractivity contribution in [1.29, 1.82) is 0 Å². The Morgan fingerprint density at radius 1 is 1.11 bits per heavy atom. The molecule has 2 rings (SSSR count). The largest absolute Gasteiger partial charge is 1.00 e. The average molecular weight is 282 g/mol. The number of rotatable bonds is 4. The molecule has 0 amide bonds. The Kier molecular flexibility index (Phi) is 6.75. The second-order valence-corrected chi connectivity index (χ2v) is 4.57. The minimum Gasteiger partial charge on any atom is -0.496 e. The van der Waals surface area contributed by atoms with Crippen LogP contribution in [-0.2, 0) is 0 Å². The molecule has 0 unspecified atom stereocenters. The molecule has 1 fully saturated rings. The van der Waals surface area contributed by atoms with Crippen LogP contribution in [0.1, 0.15) is 25.7 Å². The molecule has 0 N–H and O–H groups in total. The first-order valence-corrected chi connectivity index (χ1v) is 5.99. The first-order valence-electron chi connectivity index (χ1n) is 5.99. The molecule has 94 valence electrons. The zero-order chi connectivity index (χ0) is 12.3. The molecule has 0 aromatic heterocycles. The fraction of sp³-hybridized carbons (Fsp3) is 0.500. The molecule has 0 heterocycles. The van der Waals surface area contributed by atoms with Crippen molar-refractivity contribution in [2.45, 2.75) is 25.7 Å². The molecular formula is C12H15BF3KO. The van der Waals surface area contributed by atoms with E-state index in [4.69, 9.17) is 4.74 Å². The van der Waals surface area contributed by atoms with Gasteiger partial charge >= 0.3 is 58.4 Å². The second kappa shape index (κ2) is 7.34. The maximum atomic E-state index is 12.7. The van der Waals surface area contributed by atoms with Crippen molar-refractivity contribution < 1.29 is 69.1 Å². The molecule has 1 aromatic carbocycles. The van der Waals surface area contributed by atoms with Gasteiger partial charge in [0.15, 0.2) is 0 Å². The number of halogens is 3. The van der Waals surface area contributed by atoms with Gasteiger partial charge in [-0.1, -0.05) is 36.5 Å². The topological polar surface area (TPSA) is 9.23 Å². The Balaban J connectivity index is 0.00000162. The van der Waals surface area contributed by atoms with Gasteiger partial charge in [0.05, 0.1) is 12.4 Å². The summed E-state index contributed by atoms with van der Waals surface area (Å²) in [7, 11) is 0. The van der Waals surface area contributed by atoms with Crippen molar-refractivity contribution in [2.75, 3.05) is 6.61 Å². The van der Waals surface area contributed by atoms with Crippen molar-refractivity contribution in [2.24, 2.45) is 5.92 Å². The zero-order valence-corrected chi connectivity index (χ0v) is 13.7. The molecule has 1 aliphatic rings. The fourth-order valence-electron chi connectivity index (χ4n) is 2.27. The summed E-state index contributed by atoms with van der Waals surface area (Å²) in [6.45, 7) is -4.58. The second-order valence-electron chi connectivity index (χ2n) is 4.57. The smallest absolute Gasteiger partial charge is 0.496 e. The third-order valence-electron chi connectivity index (χ3n) is 3.22. The van der Waals surface area contributed by atoms with Crippen LogP contribution < -0.4 is 61.6 Å². The Bertz CT molecular complexity index is 378. The number of hydrogen-bond donors (Lipinski definition) is 0. The van der Waals surface area contributed by atoms with Gasteiger partial charge in [-0.2, -0.15) is 0 Å². The van der Waals surface area contributed by atoms with E-state index in [1.54, 1.807) is 6.07 Å². The monoisotopic (exact) mass is 282 g/mol. The van der Waals surface area contributed by atoms with Crippen LogP contribution in [0, 0.1) is 5.92 Å². The third-order valence-corrected chi connectivity index (χ3v) is 3.22. The van der Waals surface area contributed by atoms with Crippen LogP contribution in [0.15, 0.2) is 24.3 Å². The van der Waals surface area contributed by atoms with Gasteiger partial charge in [-0.25, -0.2) is 0 Å². The van der Waals surface area contributed by atoms with Gasteiger partial charge in [-0.3, -0.25) is 0 Å². The molecule has 0 bridgehead atoms. The summed E-state index contributed by atoms with van der Waals surface area (Å²) in [6, 6.07) is 5.46. The minimum atomic E-state index is -4.99. The quantitative estimate of drug-likeness (QED) is 0.723. The predicted octanol–water partition coefficient (Wildman–Crippen LogP) is 0.314. The van der Waals surface area contributed by atoms with Crippen LogP contribution >= 0.6 is 0 Å². The Hall–Kier alpha value is 0.511. The SMILES string of the molecule is F[B-](F)(F)c1ccccc1OCC1CCCC1.[K+]. The van der Waals surface area contributed by atoms with Crippen LogP contribution in [0.25, 0.3) is 0 Å². The Morgan fingerprint density at radius 2 is 1.72 bits per heavy atom. The van der Waals surface area contributed by atoms with E-state index in [9.17, 15) is 12.9 Å². The van der Waals surface area contributed by atoms with E-state index in [-0.39, 0.29) is 57.1 Å². The van der Waals surface area contributed by atoms with E-state index >= 15 is 0 Å². The molecule has 18 heavy (non-hydrogen) atoms. The van der Waals surface area contributed by atoms with Gasteiger partial charge in [0.1, 0.15) is 0 Å². The molecule has 1 nitrogen and oxygen atoms in total. The normalized spacial score (nSPS) is 16.4. The molecule has 6 heteroatoms. The van der Waals surface area contributed by atoms with Crippen LogP contribution in [0.3, 0.4) is 0 Å². The van der Waals surface area contributed by atoms with E-state index in [1.807, 2.05) is 0 Å². The first kappa shape index (κ1) is 16.6. The maximum Gasteiger partial charge on any atom is 1.00 e. The number of hydrogen-bond acceptors (Lipinski definition) is 1. The number of benzene rings is 1. The standard InChI is InChI=1S/C12H15BF3O.K/c14-13(15,16)11-7-3-4-8-12(11)17-9-10-5-1-2-6-10;/h3-4,7-8,10H,1-2,5-6,9H2;/q-1;+1. The van der Waals surface area contributed by atoms with Crippen LogP contribution in [0.2, 0.25) is 0 Å². The molecule has 1 saturated carbocycles. The summed E-state index contributed by atoms with van der Waals surface area (Å²) >= 11 is 0. The van der Waals surface area contributed by atoms with Gasteiger partial charge in [0.2, 0.25) is 0 Å². The molecule has 0 radical (unpaired) electrons. The van der Waals surface area contributed by atoms with Gasteiger partial charge in [0.25, 0.3) is 0 Å². The maximum absolute atomic E-state index is 12.7. The minimum absolute atomic E-state index is 0. The average Bonchev–Trinajstić information content (AvgIpc) is 2.78. The molecule has 0 spiro atoms. The van der Waals surface area contributed by atoms with Gasteiger partial charge in [0, 0.05) is 0 Å². The van der Waals surface area contributed by atoms with Crippen molar-refractivity contribution in [3.63, 3.8) is 0 Å². The molecular weight excluding hydrogens is 267 g/mol. The first-order chi connectivity index (χ1) is 8.07. The zero-order valence-electron chi connectivity index (χ0n) is 10.5. The summed E-state index contributed by atoms with van der Waals surface area (Å²) in [5.74, 6) is 0.399. The van der Waals surface area contributed by atoms with Crippen molar-refractivity contribution in [1.82, 2.24) is 0 Å². The van der Waals surface area contributed by atoms with Crippen molar-refractivity contribution in [3.8, 4) is 5.75 Å². The van der Waals surface area contributed by atoms with Gasteiger partial charge in [-0.15, -0.1) is 0 Å². The number of ether oxygens (including phenoxy) is 1. The summed E-state index contributed by atoms with van der Waals surface area (Å²) in [6.07, 6.45) is 4.47. The van der Waals surface area contributed by atoms with Crippen molar-refractivity contribution >= 4 is 12.4 Å². The van der Waals surface area contributed by atoms with Crippen molar-refractivity contribution in [3.05, 3.63) is 24.3 Å². The molecule has 0 aliphatic heterocycles. The fourth-order valence-corrected chi connectivity index (χ4v) is 2.27. The summed E-state index contributed by atoms with van der Waals surface area (Å²) in [4.78, 5) is 0. The van der Waals surface area contributed by atoms with E-state index < -0.39 is 12.4 Å².